The molecule has 0 spiro atoms. The number of halogens is 46. The molecule has 0 aliphatic heterocycles. The van der Waals surface area contributed by atoms with E-state index in [0.717, 1.165) is 0 Å². The van der Waals surface area contributed by atoms with Crippen LogP contribution in [0.1, 0.15) is 7.43 Å². The number of rotatable bonds is 17. The van der Waals surface area contributed by atoms with Crippen LogP contribution in [0.25, 0.3) is 0 Å². The maximum atomic E-state index is 13.1. The molecule has 0 radical (unpaired) electrons. The fourth-order valence-corrected chi connectivity index (χ4v) is 5.10. The Kier molecular flexibility index (Phi) is 29.3. The topological polar surface area (TPSA) is 85.3 Å². The van der Waals surface area contributed by atoms with Crippen molar-refractivity contribution in [1.29, 1.82) is 0 Å². The van der Waals surface area contributed by atoms with E-state index in [4.69, 9.17) is 0 Å². The highest BCUT2D eigenvalue weighted by atomic mass is 32.2. The van der Waals surface area contributed by atoms with Crippen molar-refractivity contribution in [3.05, 3.63) is 0 Å². The van der Waals surface area contributed by atoms with Crippen LogP contribution >= 0.6 is 0 Å². The lowest BCUT2D eigenvalue weighted by molar-refractivity contribution is -0.458. The van der Waals surface area contributed by atoms with Gasteiger partial charge in [0.05, 0.1) is 43.2 Å². The highest BCUT2D eigenvalue weighted by molar-refractivity contribution is 7.86. The zero-order valence-electron chi connectivity index (χ0n) is 38.0. The van der Waals surface area contributed by atoms with Gasteiger partial charge in [0.15, 0.2) is 0 Å². The fraction of sp³-hybridized carbons (Fsp3) is 1.00. The lowest BCUT2D eigenvalue weighted by atomic mass is 9.91. The van der Waals surface area contributed by atoms with Gasteiger partial charge < -0.3 is 0 Å². The van der Waals surface area contributed by atoms with E-state index in [9.17, 15) is 223 Å². The third-order valence-corrected chi connectivity index (χ3v) is 11.8. The molecule has 4 atom stereocenters. The predicted molar refractivity (Wildman–Crippen MR) is 191 cm³/mol. The van der Waals surface area contributed by atoms with Gasteiger partial charge in [-0.3, -0.25) is 21.0 Å². The Morgan fingerprint density at radius 1 is 0.167 bits per heavy atom. The Hall–Kier alpha value is -2.47. The van der Waals surface area contributed by atoms with E-state index in [1.807, 2.05) is 0 Å². The molecule has 5 nitrogen and oxygen atoms in total. The van der Waals surface area contributed by atoms with Gasteiger partial charge in [-0.05, 0) is 0 Å². The Morgan fingerprint density at radius 3 is 0.357 bits per heavy atom. The molecule has 0 amide bonds. The first-order chi connectivity index (χ1) is 34.8. The Morgan fingerprint density at radius 2 is 0.250 bits per heavy atom. The minimum absolute atomic E-state index is 0. The van der Waals surface area contributed by atoms with Crippen molar-refractivity contribution in [2.24, 2.45) is 0 Å². The smallest absolute Gasteiger partial charge is 0.260 e. The van der Waals surface area contributed by atoms with Crippen LogP contribution in [0.4, 0.5) is 202 Å². The van der Waals surface area contributed by atoms with Crippen LogP contribution in [0.3, 0.4) is 0 Å². The minimum atomic E-state index is -8.67. The van der Waals surface area contributed by atoms with Crippen LogP contribution in [0, 0.1) is 0 Å². The van der Waals surface area contributed by atoms with E-state index in [0.29, 0.717) is 0 Å². The Labute approximate surface area is 444 Å². The highest BCUT2D eigenvalue weighted by Gasteiger charge is 2.96. The van der Waals surface area contributed by atoms with Crippen LogP contribution in [-0.4, -0.2) is 181 Å². The summed E-state index contributed by atoms with van der Waals surface area (Å²) in [6, 6.07) is 0. The molecular formula is C28H22F46O5S5. The van der Waals surface area contributed by atoms with Gasteiger partial charge in [0.25, 0.3) is 0 Å². The van der Waals surface area contributed by atoms with Gasteiger partial charge >= 0.3 is 123 Å². The van der Waals surface area contributed by atoms with Crippen molar-refractivity contribution in [3.8, 4) is 0 Å². The van der Waals surface area contributed by atoms with Crippen molar-refractivity contribution in [3.63, 3.8) is 0 Å². The molecule has 0 saturated carbocycles. The van der Waals surface area contributed by atoms with Gasteiger partial charge in [-0.2, -0.15) is 202 Å². The predicted octanol–water partition coefficient (Wildman–Crippen LogP) is 15.0. The van der Waals surface area contributed by atoms with Crippen LogP contribution in [0.5, 0.6) is 0 Å². The lowest BCUT2D eigenvalue weighted by Crippen LogP contribution is -2.74. The molecule has 0 fully saturated rings. The average Bonchev–Trinajstić information content (AvgIpc) is 3.21. The summed E-state index contributed by atoms with van der Waals surface area (Å²) in [5, 5.41) is -24.9. The van der Waals surface area contributed by atoms with Gasteiger partial charge in [-0.1, -0.05) is 7.43 Å². The van der Waals surface area contributed by atoms with Crippen molar-refractivity contribution >= 4 is 54.0 Å². The molecule has 0 aromatic carbocycles. The molecule has 0 saturated heterocycles. The monoisotopic (exact) mass is 1470 g/mol. The largest absolute Gasteiger partial charge is 0.461 e. The number of hydrogen-bond acceptors (Lipinski definition) is 5. The molecule has 0 aromatic heterocycles. The highest BCUT2D eigenvalue weighted by Crippen LogP contribution is 2.65. The number of hydrogen-bond donors (Lipinski definition) is 0. The second kappa shape index (κ2) is 26.5. The molecule has 84 heavy (non-hydrogen) atoms. The van der Waals surface area contributed by atoms with Crippen molar-refractivity contribution in [2.75, 3.05) is 37.5 Å². The van der Waals surface area contributed by atoms with Gasteiger partial charge in [0.2, 0.25) is 0 Å². The van der Waals surface area contributed by atoms with Gasteiger partial charge in [-0.25, -0.2) is 0 Å². The minimum Gasteiger partial charge on any atom is -0.260 e. The standard InChI is InChI=1S/C9H3F17OS.C7H3F13OS.C5H3F9OS.C4H3F7OS.C2H6OS.CH4/c1-28(27)9(25,26)7(20,21)5(16,17)3(12,13)2(10,11)4(14,15)6(18,19)8(22,23)24;1-22(21)7(19,20)5(14,15)3(10,11)2(8,9)4(12,13)6(16,17)18;1-16(15)5(13,14)3(8,9)2(6,7)4(10,11)12;1-13(12)4(10,11)2(5,6)3(7,8)9;1-4(2)3;/h1H3;1H3;1H3;1H3;1-2H3;1H4. The second-order valence-corrected chi connectivity index (χ2v) is 21.3. The SMILES string of the molecule is C.CS(=O)C(F)(F)C(F)(F)C(F)(F)C(F)(F)C(F)(F)C(F)(F)C(F)(F)C(F)(F)F.CS(=O)C(F)(F)C(F)(F)C(F)(F)C(F)(F)C(F)(F)C(F)(F)F.CS(=O)C(F)(F)C(F)(F)C(F)(F)C(F)(F)F.CS(=O)C(F)(F)C(F)(F)C(F)(F)F.CS(C)=O. The molecule has 0 rings (SSSR count). The summed E-state index contributed by atoms with van der Waals surface area (Å²) in [5.74, 6) is -101. The summed E-state index contributed by atoms with van der Waals surface area (Å²) in [4.78, 5) is 0. The summed E-state index contributed by atoms with van der Waals surface area (Å²) in [6.45, 7) is 0. The molecule has 56 heteroatoms. The Balaban J connectivity index is -0.000000243. The molecular weight excluding hydrogens is 1450 g/mol. The zero-order chi connectivity index (χ0) is 70.4. The van der Waals surface area contributed by atoms with Crippen molar-refractivity contribution < 1.29 is 223 Å². The molecule has 0 aliphatic carbocycles. The normalized spacial score (nSPS) is 16.9. The first-order valence-corrected chi connectivity index (χ1v) is 25.2. The molecule has 0 aliphatic rings. The van der Waals surface area contributed by atoms with Crippen LogP contribution in [-0.2, 0) is 54.0 Å². The summed E-state index contributed by atoms with van der Waals surface area (Å²) in [5.41, 5.74) is 0. The van der Waals surface area contributed by atoms with E-state index >= 15 is 0 Å². The Bertz CT molecular complexity index is 2270. The third-order valence-electron chi connectivity index (χ3n) is 7.88. The maximum absolute atomic E-state index is 13.1. The molecule has 516 valence electrons. The molecule has 0 aromatic rings. The summed E-state index contributed by atoms with van der Waals surface area (Å²) < 4.78 is 617. The summed E-state index contributed by atoms with van der Waals surface area (Å²) in [7, 11) is -17.0. The van der Waals surface area contributed by atoms with Gasteiger partial charge in [-0.15, -0.1) is 0 Å². The van der Waals surface area contributed by atoms with Crippen molar-refractivity contribution in [2.45, 2.75) is 130 Å². The summed E-state index contributed by atoms with van der Waals surface area (Å²) in [6.07, 6.45) is -26.2. The van der Waals surface area contributed by atoms with Crippen LogP contribution in [0.15, 0.2) is 0 Å². The first-order valence-electron chi connectivity index (χ1n) is 17.0. The van der Waals surface area contributed by atoms with Gasteiger partial charge in [0.1, 0.15) is 0 Å². The van der Waals surface area contributed by atoms with Gasteiger partial charge in [0, 0.05) is 48.3 Å². The molecule has 0 heterocycles. The van der Waals surface area contributed by atoms with E-state index in [1.54, 1.807) is 12.5 Å². The van der Waals surface area contributed by atoms with Crippen LogP contribution in [0.2, 0.25) is 0 Å². The van der Waals surface area contributed by atoms with E-state index in [-0.39, 0.29) is 26.2 Å². The zero-order valence-corrected chi connectivity index (χ0v) is 42.1. The fourth-order valence-electron chi connectivity index (χ4n) is 3.15. The van der Waals surface area contributed by atoms with E-state index in [2.05, 4.69) is 0 Å². The maximum Gasteiger partial charge on any atom is 0.461 e. The van der Waals surface area contributed by atoms with E-state index in [1.165, 1.54) is 0 Å². The summed E-state index contributed by atoms with van der Waals surface area (Å²) >= 11 is 0. The first kappa shape index (κ1) is 92.7. The van der Waals surface area contributed by atoms with Crippen LogP contribution < -0.4 is 0 Å². The number of alkyl halides is 46. The van der Waals surface area contributed by atoms with Crippen molar-refractivity contribution in [1.82, 2.24) is 0 Å². The second-order valence-electron chi connectivity index (χ2n) is 14.1. The molecule has 0 N–H and O–H groups in total. The quantitative estimate of drug-likeness (QED) is 0.135. The lowest BCUT2D eigenvalue weighted by Gasteiger charge is -2.42. The average molecular weight is 1470 g/mol. The van der Waals surface area contributed by atoms with E-state index < -0.39 is 183 Å². The molecule has 0 bridgehead atoms. The molecule has 4 unspecified atom stereocenters. The third kappa shape index (κ3) is 16.1.